The van der Waals surface area contributed by atoms with E-state index in [4.69, 9.17) is 0 Å². The Balaban J connectivity index is 2.00. The molecule has 0 fully saturated rings. The highest BCUT2D eigenvalue weighted by Gasteiger charge is 2.28. The predicted octanol–water partition coefficient (Wildman–Crippen LogP) is 0.590. The Hall–Kier alpha value is -1.38. The molecular formula is C12H19N5. The first kappa shape index (κ1) is 12.1. The number of fused-ring (bicyclic) bond motifs is 1. The molecule has 0 amide bonds. The van der Waals surface area contributed by atoms with E-state index in [1.54, 1.807) is 0 Å². The smallest absolute Gasteiger partial charge is 0.122 e. The van der Waals surface area contributed by atoms with Crippen molar-refractivity contribution >= 4 is 0 Å². The molecule has 0 radical (unpaired) electrons. The highest BCUT2D eigenvalue weighted by molar-refractivity contribution is 5.07. The van der Waals surface area contributed by atoms with Crippen LogP contribution in [0.25, 0.3) is 0 Å². The average Bonchev–Trinajstić information content (AvgIpc) is 2.76. The second-order valence-corrected chi connectivity index (χ2v) is 4.72. The van der Waals surface area contributed by atoms with Crippen LogP contribution in [0.15, 0.2) is 12.4 Å². The SMILES string of the molecule is CCNC(C)(C#N)CN1CCn2ccnc2C1. The van der Waals surface area contributed by atoms with Gasteiger partial charge in [0.25, 0.3) is 0 Å². The third-order valence-corrected chi connectivity index (χ3v) is 3.18. The lowest BCUT2D eigenvalue weighted by molar-refractivity contribution is 0.179. The molecule has 0 bridgehead atoms. The van der Waals surface area contributed by atoms with Crippen LogP contribution in [0.5, 0.6) is 0 Å². The molecule has 1 aromatic heterocycles. The molecule has 5 nitrogen and oxygen atoms in total. The minimum Gasteiger partial charge on any atom is -0.333 e. The monoisotopic (exact) mass is 233 g/mol. The van der Waals surface area contributed by atoms with Crippen LogP contribution in [0.2, 0.25) is 0 Å². The summed E-state index contributed by atoms with van der Waals surface area (Å²) in [6, 6.07) is 2.36. The lowest BCUT2D eigenvalue weighted by atomic mass is 10.0. The van der Waals surface area contributed by atoms with E-state index in [0.717, 1.165) is 38.5 Å². The number of rotatable bonds is 4. The zero-order valence-corrected chi connectivity index (χ0v) is 10.5. The number of nitrogens with one attached hydrogen (secondary N) is 1. The third kappa shape index (κ3) is 2.65. The number of aromatic nitrogens is 2. The molecule has 0 saturated carbocycles. The van der Waals surface area contributed by atoms with Crippen LogP contribution in [0, 0.1) is 11.3 Å². The van der Waals surface area contributed by atoms with Gasteiger partial charge in [0.1, 0.15) is 11.4 Å². The van der Waals surface area contributed by atoms with Gasteiger partial charge in [-0.15, -0.1) is 0 Å². The molecular weight excluding hydrogens is 214 g/mol. The van der Waals surface area contributed by atoms with Crippen molar-refractivity contribution < 1.29 is 0 Å². The number of hydrogen-bond acceptors (Lipinski definition) is 4. The summed E-state index contributed by atoms with van der Waals surface area (Å²) in [6.07, 6.45) is 3.85. The fraction of sp³-hybridized carbons (Fsp3) is 0.667. The molecule has 2 rings (SSSR count). The first-order chi connectivity index (χ1) is 8.17. The van der Waals surface area contributed by atoms with Crippen molar-refractivity contribution in [2.75, 3.05) is 19.6 Å². The van der Waals surface area contributed by atoms with E-state index in [9.17, 15) is 5.26 Å². The highest BCUT2D eigenvalue weighted by atomic mass is 15.2. The molecule has 0 aromatic carbocycles. The van der Waals surface area contributed by atoms with E-state index in [-0.39, 0.29) is 0 Å². The van der Waals surface area contributed by atoms with Crippen LogP contribution in [-0.2, 0) is 13.1 Å². The zero-order valence-electron chi connectivity index (χ0n) is 10.5. The Morgan fingerprint density at radius 2 is 2.41 bits per heavy atom. The topological polar surface area (TPSA) is 56.9 Å². The molecule has 92 valence electrons. The second kappa shape index (κ2) is 4.86. The summed E-state index contributed by atoms with van der Waals surface area (Å²) >= 11 is 0. The molecule has 5 heteroatoms. The summed E-state index contributed by atoms with van der Waals surface area (Å²) in [5, 5.41) is 12.5. The van der Waals surface area contributed by atoms with Gasteiger partial charge in [0.05, 0.1) is 12.6 Å². The molecule has 1 unspecified atom stereocenters. The van der Waals surface area contributed by atoms with Crippen molar-refractivity contribution in [3.05, 3.63) is 18.2 Å². The average molecular weight is 233 g/mol. The summed E-state index contributed by atoms with van der Waals surface area (Å²) in [7, 11) is 0. The molecule has 1 N–H and O–H groups in total. The van der Waals surface area contributed by atoms with Gasteiger partial charge in [-0.3, -0.25) is 10.2 Å². The van der Waals surface area contributed by atoms with Crippen molar-refractivity contribution in [3.8, 4) is 6.07 Å². The predicted molar refractivity (Wildman–Crippen MR) is 65.2 cm³/mol. The van der Waals surface area contributed by atoms with E-state index in [1.807, 2.05) is 26.2 Å². The van der Waals surface area contributed by atoms with E-state index in [1.165, 1.54) is 0 Å². The summed E-state index contributed by atoms with van der Waals surface area (Å²) in [5.41, 5.74) is -0.469. The fourth-order valence-corrected chi connectivity index (χ4v) is 2.33. The van der Waals surface area contributed by atoms with E-state index < -0.39 is 5.54 Å². The molecule has 0 aliphatic carbocycles. The Morgan fingerprint density at radius 3 is 3.12 bits per heavy atom. The Morgan fingerprint density at radius 1 is 1.59 bits per heavy atom. The van der Waals surface area contributed by atoms with Gasteiger partial charge in [-0.1, -0.05) is 6.92 Å². The normalized spacial score (nSPS) is 19.4. The Labute approximate surface area is 102 Å². The largest absolute Gasteiger partial charge is 0.333 e. The number of nitrogens with zero attached hydrogens (tertiary/aromatic N) is 4. The summed E-state index contributed by atoms with van der Waals surface area (Å²) in [5.74, 6) is 1.09. The van der Waals surface area contributed by atoms with Gasteiger partial charge in [-0.2, -0.15) is 5.26 Å². The quantitative estimate of drug-likeness (QED) is 0.827. The molecule has 17 heavy (non-hydrogen) atoms. The van der Waals surface area contributed by atoms with Crippen molar-refractivity contribution in [1.29, 1.82) is 5.26 Å². The van der Waals surface area contributed by atoms with E-state index in [0.29, 0.717) is 0 Å². The molecule has 1 aliphatic heterocycles. The van der Waals surface area contributed by atoms with Gasteiger partial charge in [-0.05, 0) is 13.5 Å². The molecule has 1 aliphatic rings. The van der Waals surface area contributed by atoms with Gasteiger partial charge in [0.15, 0.2) is 0 Å². The number of imidazole rings is 1. The van der Waals surface area contributed by atoms with Gasteiger partial charge < -0.3 is 4.57 Å². The minimum absolute atomic E-state index is 0.469. The molecule has 0 saturated heterocycles. The molecule has 1 aromatic rings. The van der Waals surface area contributed by atoms with Crippen molar-refractivity contribution in [1.82, 2.24) is 19.8 Å². The zero-order chi connectivity index (χ0) is 12.3. The fourth-order valence-electron chi connectivity index (χ4n) is 2.33. The van der Waals surface area contributed by atoms with Crippen LogP contribution in [0.4, 0.5) is 0 Å². The lowest BCUT2D eigenvalue weighted by Crippen LogP contribution is -2.51. The maximum absolute atomic E-state index is 9.24. The summed E-state index contributed by atoms with van der Waals surface area (Å²) in [6.45, 7) is 8.30. The standard InChI is InChI=1S/C12H19N5/c1-3-15-12(2,9-13)10-16-6-7-17-5-4-14-11(17)8-16/h4-5,15H,3,6-8,10H2,1-2H3. The highest BCUT2D eigenvalue weighted by Crippen LogP contribution is 2.13. The number of likely N-dealkylation sites (N-methyl/N-ethyl adjacent to an activating group) is 1. The third-order valence-electron chi connectivity index (χ3n) is 3.18. The second-order valence-electron chi connectivity index (χ2n) is 4.72. The van der Waals surface area contributed by atoms with Gasteiger partial charge in [0.2, 0.25) is 0 Å². The Bertz CT molecular complexity index is 419. The van der Waals surface area contributed by atoms with Gasteiger partial charge in [0, 0.05) is 32.0 Å². The van der Waals surface area contributed by atoms with E-state index >= 15 is 0 Å². The summed E-state index contributed by atoms with van der Waals surface area (Å²) in [4.78, 5) is 6.61. The van der Waals surface area contributed by atoms with Crippen LogP contribution in [0.1, 0.15) is 19.7 Å². The van der Waals surface area contributed by atoms with Crippen LogP contribution >= 0.6 is 0 Å². The van der Waals surface area contributed by atoms with Crippen molar-refractivity contribution in [3.63, 3.8) is 0 Å². The lowest BCUT2D eigenvalue weighted by Gasteiger charge is -2.33. The minimum atomic E-state index is -0.469. The van der Waals surface area contributed by atoms with Crippen molar-refractivity contribution in [2.45, 2.75) is 32.5 Å². The van der Waals surface area contributed by atoms with Crippen LogP contribution in [-0.4, -0.2) is 39.6 Å². The number of hydrogen-bond donors (Lipinski definition) is 1. The van der Waals surface area contributed by atoms with Crippen molar-refractivity contribution in [2.24, 2.45) is 0 Å². The first-order valence-corrected chi connectivity index (χ1v) is 6.05. The van der Waals surface area contributed by atoms with E-state index in [2.05, 4.69) is 25.8 Å². The first-order valence-electron chi connectivity index (χ1n) is 6.05. The Kier molecular flexibility index (Phi) is 3.46. The summed E-state index contributed by atoms with van der Waals surface area (Å²) < 4.78 is 2.17. The molecule has 1 atom stereocenters. The maximum atomic E-state index is 9.24. The molecule has 0 spiro atoms. The van der Waals surface area contributed by atoms with Gasteiger partial charge >= 0.3 is 0 Å². The maximum Gasteiger partial charge on any atom is 0.122 e. The number of nitriles is 1. The molecule has 2 heterocycles. The van der Waals surface area contributed by atoms with Crippen LogP contribution in [0.3, 0.4) is 0 Å². The van der Waals surface area contributed by atoms with Crippen LogP contribution < -0.4 is 5.32 Å². The van der Waals surface area contributed by atoms with Gasteiger partial charge in [-0.25, -0.2) is 4.98 Å².